The maximum Gasteiger partial charge on any atom is 0.0511 e. The van der Waals surface area contributed by atoms with Gasteiger partial charge in [-0.3, -0.25) is 4.90 Å². The van der Waals surface area contributed by atoms with Gasteiger partial charge < -0.3 is 5.73 Å². The summed E-state index contributed by atoms with van der Waals surface area (Å²) in [6.45, 7) is 1.07. The van der Waals surface area contributed by atoms with Crippen LogP contribution in [0.15, 0.2) is 18.2 Å². The van der Waals surface area contributed by atoms with E-state index in [0.29, 0.717) is 10.0 Å². The fraction of sp³-hybridized carbons (Fsp3) is 0.538. The molecule has 0 radical (unpaired) electrons. The first-order valence-corrected chi connectivity index (χ1v) is 6.76. The summed E-state index contributed by atoms with van der Waals surface area (Å²) in [6, 6.07) is 6.01. The Bertz CT molecular complexity index is 383. The fourth-order valence-corrected chi connectivity index (χ4v) is 3.09. The van der Waals surface area contributed by atoms with Crippen molar-refractivity contribution in [1.82, 2.24) is 4.90 Å². The summed E-state index contributed by atoms with van der Waals surface area (Å²) >= 11 is 12.2. The highest BCUT2D eigenvalue weighted by Crippen LogP contribution is 2.33. The van der Waals surface area contributed by atoms with Crippen LogP contribution in [0.25, 0.3) is 0 Å². The highest BCUT2D eigenvalue weighted by molar-refractivity contribution is 6.35. The number of hydrogen-bond acceptors (Lipinski definition) is 2. The van der Waals surface area contributed by atoms with Crippen LogP contribution < -0.4 is 5.73 Å². The highest BCUT2D eigenvalue weighted by Gasteiger charge is 2.27. The van der Waals surface area contributed by atoms with Crippen molar-refractivity contribution in [2.45, 2.75) is 31.3 Å². The van der Waals surface area contributed by atoms with E-state index in [0.717, 1.165) is 18.5 Å². The Morgan fingerprint density at radius 3 is 2.76 bits per heavy atom. The second-order valence-corrected chi connectivity index (χ2v) is 5.59. The first kappa shape index (κ1) is 13.2. The van der Waals surface area contributed by atoms with Gasteiger partial charge in [0.05, 0.1) is 6.04 Å². The van der Waals surface area contributed by atoms with Gasteiger partial charge in [-0.05, 0) is 44.1 Å². The summed E-state index contributed by atoms with van der Waals surface area (Å²) in [6.07, 6.45) is 3.44. The minimum atomic E-state index is 0.140. The number of likely N-dealkylation sites (tertiary alicyclic amines) is 1. The summed E-state index contributed by atoms with van der Waals surface area (Å²) in [5, 5.41) is 1.38. The quantitative estimate of drug-likeness (QED) is 0.848. The van der Waals surface area contributed by atoms with Crippen LogP contribution in [-0.4, -0.2) is 24.5 Å². The molecule has 1 aromatic rings. The van der Waals surface area contributed by atoms with Gasteiger partial charge in [0, 0.05) is 16.1 Å². The molecule has 1 heterocycles. The molecule has 2 unspecified atom stereocenters. The van der Waals surface area contributed by atoms with E-state index in [1.807, 2.05) is 12.1 Å². The Morgan fingerprint density at radius 2 is 2.06 bits per heavy atom. The maximum absolute atomic E-state index is 6.28. The number of halogens is 2. The zero-order valence-electron chi connectivity index (χ0n) is 10.00. The van der Waals surface area contributed by atoms with Crippen LogP contribution in [0.5, 0.6) is 0 Å². The number of nitrogens with zero attached hydrogens (tertiary/aromatic N) is 1. The Labute approximate surface area is 113 Å². The fourth-order valence-electron chi connectivity index (χ4n) is 2.57. The monoisotopic (exact) mass is 272 g/mol. The van der Waals surface area contributed by atoms with Crippen LogP contribution in [0.4, 0.5) is 0 Å². The second-order valence-electron chi connectivity index (χ2n) is 4.75. The first-order chi connectivity index (χ1) is 8.09. The van der Waals surface area contributed by atoms with Gasteiger partial charge in [0.25, 0.3) is 0 Å². The van der Waals surface area contributed by atoms with E-state index >= 15 is 0 Å². The molecule has 1 aliphatic heterocycles. The molecular weight excluding hydrogens is 255 g/mol. The van der Waals surface area contributed by atoms with Crippen molar-refractivity contribution in [3.63, 3.8) is 0 Å². The van der Waals surface area contributed by atoms with Gasteiger partial charge in [-0.25, -0.2) is 0 Å². The molecule has 0 spiro atoms. The molecule has 0 aromatic heterocycles. The van der Waals surface area contributed by atoms with Crippen LogP contribution in [0.1, 0.15) is 30.9 Å². The summed E-state index contributed by atoms with van der Waals surface area (Å²) in [5.74, 6) is 0. The topological polar surface area (TPSA) is 29.3 Å². The molecule has 4 heteroatoms. The van der Waals surface area contributed by atoms with Crippen LogP contribution in [0, 0.1) is 0 Å². The van der Waals surface area contributed by atoms with E-state index in [4.69, 9.17) is 28.9 Å². The molecule has 0 saturated carbocycles. The van der Waals surface area contributed by atoms with E-state index in [2.05, 4.69) is 11.9 Å². The third-order valence-corrected chi connectivity index (χ3v) is 4.02. The van der Waals surface area contributed by atoms with Gasteiger partial charge in [-0.1, -0.05) is 35.7 Å². The minimum absolute atomic E-state index is 0.140. The average molecular weight is 273 g/mol. The molecule has 1 fully saturated rings. The highest BCUT2D eigenvalue weighted by atomic mass is 35.5. The van der Waals surface area contributed by atoms with Crippen molar-refractivity contribution in [2.75, 3.05) is 13.6 Å². The van der Waals surface area contributed by atoms with E-state index in [9.17, 15) is 0 Å². The summed E-state index contributed by atoms with van der Waals surface area (Å²) in [5.41, 5.74) is 7.37. The van der Waals surface area contributed by atoms with Gasteiger partial charge in [0.15, 0.2) is 0 Å². The number of hydrogen-bond donors (Lipinski definition) is 1. The lowest BCUT2D eigenvalue weighted by molar-refractivity contribution is 0.230. The third kappa shape index (κ3) is 2.94. The molecule has 2 atom stereocenters. The molecule has 94 valence electrons. The smallest absolute Gasteiger partial charge is 0.0511 e. The molecule has 0 amide bonds. The summed E-state index contributed by atoms with van der Waals surface area (Å²) in [7, 11) is 2.11. The maximum atomic E-state index is 6.28. The molecule has 1 aliphatic rings. The van der Waals surface area contributed by atoms with Crippen molar-refractivity contribution < 1.29 is 0 Å². The van der Waals surface area contributed by atoms with E-state index in [1.54, 1.807) is 6.07 Å². The van der Waals surface area contributed by atoms with Crippen molar-refractivity contribution in [3.05, 3.63) is 33.8 Å². The van der Waals surface area contributed by atoms with Crippen LogP contribution in [0.2, 0.25) is 10.0 Å². The average Bonchev–Trinajstić information content (AvgIpc) is 2.42. The Kier molecular flexibility index (Phi) is 4.31. The number of likely N-dealkylation sites (N-methyl/N-ethyl adjacent to an activating group) is 1. The molecule has 2 nitrogen and oxygen atoms in total. The largest absolute Gasteiger partial charge is 0.326 e. The predicted octanol–water partition coefficient (Wildman–Crippen LogP) is 3.48. The number of benzene rings is 1. The standard InChI is InChI=1S/C13H18Cl2N2/c1-17-7-3-2-4-12(16)13(17)10-6-5-9(14)8-11(10)15/h5-6,8,12-13H,2-4,7,16H2,1H3. The molecule has 0 aliphatic carbocycles. The van der Waals surface area contributed by atoms with Gasteiger partial charge in [0.1, 0.15) is 0 Å². The SMILES string of the molecule is CN1CCCCC(N)C1c1ccc(Cl)cc1Cl. The van der Waals surface area contributed by atoms with Crippen LogP contribution in [-0.2, 0) is 0 Å². The van der Waals surface area contributed by atoms with Crippen molar-refractivity contribution in [1.29, 1.82) is 0 Å². The Hall–Kier alpha value is -0.280. The van der Waals surface area contributed by atoms with Crippen LogP contribution in [0.3, 0.4) is 0 Å². The van der Waals surface area contributed by atoms with E-state index in [-0.39, 0.29) is 12.1 Å². The molecular formula is C13H18Cl2N2. The first-order valence-electron chi connectivity index (χ1n) is 6.00. The zero-order valence-corrected chi connectivity index (χ0v) is 11.5. The molecule has 1 aromatic carbocycles. The Morgan fingerprint density at radius 1 is 1.29 bits per heavy atom. The lowest BCUT2D eigenvalue weighted by atomic mass is 9.96. The minimum Gasteiger partial charge on any atom is -0.326 e. The van der Waals surface area contributed by atoms with Crippen molar-refractivity contribution in [2.24, 2.45) is 5.73 Å². The second kappa shape index (κ2) is 5.57. The molecule has 17 heavy (non-hydrogen) atoms. The van der Waals surface area contributed by atoms with Crippen LogP contribution >= 0.6 is 23.2 Å². The normalized spacial score (nSPS) is 26.8. The predicted molar refractivity (Wildman–Crippen MR) is 73.7 cm³/mol. The van der Waals surface area contributed by atoms with Gasteiger partial charge in [0.2, 0.25) is 0 Å². The van der Waals surface area contributed by atoms with Gasteiger partial charge in [-0.2, -0.15) is 0 Å². The summed E-state index contributed by atoms with van der Waals surface area (Å²) in [4.78, 5) is 2.30. The molecule has 1 saturated heterocycles. The van der Waals surface area contributed by atoms with Gasteiger partial charge in [-0.15, -0.1) is 0 Å². The summed E-state index contributed by atoms with van der Waals surface area (Å²) < 4.78 is 0. The lowest BCUT2D eigenvalue weighted by Crippen LogP contribution is -2.37. The van der Waals surface area contributed by atoms with Gasteiger partial charge >= 0.3 is 0 Å². The van der Waals surface area contributed by atoms with Crippen molar-refractivity contribution >= 4 is 23.2 Å². The van der Waals surface area contributed by atoms with Crippen molar-refractivity contribution in [3.8, 4) is 0 Å². The zero-order chi connectivity index (χ0) is 12.4. The Balaban J connectivity index is 2.34. The molecule has 2 N–H and O–H groups in total. The number of rotatable bonds is 1. The van der Waals surface area contributed by atoms with E-state index in [1.165, 1.54) is 12.8 Å². The molecule has 0 bridgehead atoms. The van der Waals surface area contributed by atoms with E-state index < -0.39 is 0 Å². The molecule has 2 rings (SSSR count). The number of nitrogens with two attached hydrogens (primary N) is 1. The third-order valence-electron chi connectivity index (χ3n) is 3.46. The lowest BCUT2D eigenvalue weighted by Gasteiger charge is -2.31.